The molecule has 3 rings (SSSR count). The molecule has 150 valence electrons. The molecule has 0 aliphatic carbocycles. The van der Waals surface area contributed by atoms with Crippen LogP contribution in [0.4, 0.5) is 13.2 Å². The summed E-state index contributed by atoms with van der Waals surface area (Å²) in [5.74, 6) is 0. The van der Waals surface area contributed by atoms with Crippen LogP contribution in [-0.2, 0) is 19.1 Å². The lowest BCUT2D eigenvalue weighted by Crippen LogP contribution is -2.06. The van der Waals surface area contributed by atoms with Crippen LogP contribution >= 0.6 is 23.2 Å². The summed E-state index contributed by atoms with van der Waals surface area (Å²) in [6.07, 6.45) is -1.48. The Morgan fingerprint density at radius 1 is 1.00 bits per heavy atom. The zero-order chi connectivity index (χ0) is 20.3. The molecule has 0 saturated heterocycles. The topological polar surface area (TPSA) is 38.1 Å². The van der Waals surface area contributed by atoms with Crippen molar-refractivity contribution in [3.8, 4) is 0 Å². The summed E-state index contributed by atoms with van der Waals surface area (Å²) < 4.78 is 41.1. The Bertz CT molecular complexity index is 970. The highest BCUT2D eigenvalue weighted by molar-refractivity contribution is 6.35. The molecule has 0 atom stereocenters. The van der Waals surface area contributed by atoms with E-state index < -0.39 is 11.7 Å². The number of alkyl halides is 3. The van der Waals surface area contributed by atoms with Crippen molar-refractivity contribution < 1.29 is 18.3 Å². The van der Waals surface area contributed by atoms with Crippen molar-refractivity contribution >= 4 is 34.1 Å². The first-order chi connectivity index (χ1) is 13.3. The van der Waals surface area contributed by atoms with Crippen LogP contribution in [-0.4, -0.2) is 21.5 Å². The maximum absolute atomic E-state index is 13.2. The molecule has 0 aliphatic heterocycles. The lowest BCUT2D eigenvalue weighted by molar-refractivity contribution is -0.137. The molecular formula is C20H19Cl2F3N2O. The molecular weight excluding hydrogens is 412 g/mol. The van der Waals surface area contributed by atoms with Gasteiger partial charge in [0.2, 0.25) is 0 Å². The molecule has 0 bridgehead atoms. The van der Waals surface area contributed by atoms with Crippen LogP contribution in [0.3, 0.4) is 0 Å². The van der Waals surface area contributed by atoms with Gasteiger partial charge in [0.15, 0.2) is 0 Å². The van der Waals surface area contributed by atoms with Crippen LogP contribution in [0.5, 0.6) is 0 Å². The van der Waals surface area contributed by atoms with Crippen LogP contribution < -0.4 is 0 Å². The SMILES string of the molecule is OCCCCCc1nn(Cc2ccc(Cl)cc2Cl)c2cc(C(F)(F)F)ccc12. The van der Waals surface area contributed by atoms with E-state index in [2.05, 4.69) is 5.10 Å². The lowest BCUT2D eigenvalue weighted by atomic mass is 10.1. The fourth-order valence-corrected chi connectivity index (χ4v) is 3.58. The van der Waals surface area contributed by atoms with Crippen molar-refractivity contribution in [2.24, 2.45) is 0 Å². The summed E-state index contributed by atoms with van der Waals surface area (Å²) in [6, 6.07) is 8.72. The first kappa shape index (κ1) is 21.0. The minimum atomic E-state index is -4.43. The smallest absolute Gasteiger partial charge is 0.396 e. The number of aryl methyl sites for hydroxylation is 1. The Morgan fingerprint density at radius 3 is 2.46 bits per heavy atom. The second-order valence-electron chi connectivity index (χ2n) is 6.60. The number of benzene rings is 2. The van der Waals surface area contributed by atoms with Crippen LogP contribution in [0.2, 0.25) is 10.0 Å². The van der Waals surface area contributed by atoms with Crippen molar-refractivity contribution in [1.29, 1.82) is 0 Å². The predicted octanol–water partition coefficient (Wildman–Crippen LogP) is 6.12. The Morgan fingerprint density at radius 2 is 1.79 bits per heavy atom. The number of fused-ring (bicyclic) bond motifs is 1. The standard InChI is InChI=1S/C20H19Cl2F3N2O/c21-15-7-5-13(17(22)11-15)12-27-19-10-14(20(23,24)25)6-8-16(19)18(26-27)4-2-1-3-9-28/h5-8,10-11,28H,1-4,9,12H2. The van der Waals surface area contributed by atoms with Crippen molar-refractivity contribution in [1.82, 2.24) is 9.78 Å². The van der Waals surface area contributed by atoms with E-state index in [0.717, 1.165) is 36.2 Å². The third-order valence-corrected chi connectivity index (χ3v) is 5.15. The number of aromatic nitrogens is 2. The van der Waals surface area contributed by atoms with E-state index in [1.807, 2.05) is 0 Å². The van der Waals surface area contributed by atoms with Crippen molar-refractivity contribution in [3.63, 3.8) is 0 Å². The molecule has 3 nitrogen and oxygen atoms in total. The zero-order valence-corrected chi connectivity index (χ0v) is 16.5. The van der Waals surface area contributed by atoms with E-state index in [1.54, 1.807) is 22.9 Å². The predicted molar refractivity (Wildman–Crippen MR) is 105 cm³/mol. The zero-order valence-electron chi connectivity index (χ0n) is 14.9. The molecule has 0 radical (unpaired) electrons. The van der Waals surface area contributed by atoms with E-state index in [-0.39, 0.29) is 13.2 Å². The first-order valence-corrected chi connectivity index (χ1v) is 9.66. The minimum Gasteiger partial charge on any atom is -0.396 e. The maximum atomic E-state index is 13.2. The number of aliphatic hydroxyl groups is 1. The van der Waals surface area contributed by atoms with Crippen molar-refractivity contribution in [2.75, 3.05) is 6.61 Å². The van der Waals surface area contributed by atoms with Gasteiger partial charge < -0.3 is 5.11 Å². The number of nitrogens with zero attached hydrogens (tertiary/aromatic N) is 2. The van der Waals surface area contributed by atoms with Crippen molar-refractivity contribution in [2.45, 2.75) is 38.4 Å². The van der Waals surface area contributed by atoms with Gasteiger partial charge in [-0.3, -0.25) is 4.68 Å². The lowest BCUT2D eigenvalue weighted by Gasteiger charge is -2.09. The van der Waals surface area contributed by atoms with E-state index in [4.69, 9.17) is 28.3 Å². The molecule has 0 unspecified atom stereocenters. The second-order valence-corrected chi connectivity index (χ2v) is 7.45. The number of hydrogen-bond acceptors (Lipinski definition) is 2. The van der Waals surface area contributed by atoms with Gasteiger partial charge in [0, 0.05) is 22.0 Å². The Labute approximate surface area is 170 Å². The summed E-state index contributed by atoms with van der Waals surface area (Å²) in [5.41, 5.74) is 1.17. The molecule has 1 N–H and O–H groups in total. The molecule has 8 heteroatoms. The molecule has 3 aromatic rings. The molecule has 0 amide bonds. The van der Waals surface area contributed by atoms with E-state index >= 15 is 0 Å². The van der Waals surface area contributed by atoms with E-state index in [9.17, 15) is 13.2 Å². The third kappa shape index (κ3) is 4.80. The molecule has 2 aromatic carbocycles. The number of aliphatic hydroxyl groups excluding tert-OH is 1. The first-order valence-electron chi connectivity index (χ1n) is 8.91. The molecule has 28 heavy (non-hydrogen) atoms. The highest BCUT2D eigenvalue weighted by atomic mass is 35.5. The highest BCUT2D eigenvalue weighted by Gasteiger charge is 2.31. The number of hydrogen-bond donors (Lipinski definition) is 1. The van der Waals surface area contributed by atoms with Gasteiger partial charge >= 0.3 is 6.18 Å². The normalized spacial score (nSPS) is 12.1. The summed E-state index contributed by atoms with van der Waals surface area (Å²) in [6.45, 7) is 0.365. The van der Waals surface area contributed by atoms with Crippen LogP contribution in [0, 0.1) is 0 Å². The van der Waals surface area contributed by atoms with Crippen molar-refractivity contribution in [3.05, 3.63) is 63.3 Å². The van der Waals surface area contributed by atoms with Gasteiger partial charge in [-0.1, -0.05) is 41.8 Å². The quantitative estimate of drug-likeness (QED) is 0.458. The number of rotatable bonds is 7. The largest absolute Gasteiger partial charge is 0.416 e. The molecule has 1 heterocycles. The fourth-order valence-electron chi connectivity index (χ4n) is 3.12. The Hall–Kier alpha value is -1.76. The average Bonchev–Trinajstić information content (AvgIpc) is 2.97. The molecule has 0 fully saturated rings. The van der Waals surface area contributed by atoms with Crippen LogP contribution in [0.15, 0.2) is 36.4 Å². The van der Waals surface area contributed by atoms with E-state index in [0.29, 0.717) is 33.8 Å². The second kappa shape index (κ2) is 8.72. The summed E-state index contributed by atoms with van der Waals surface area (Å²) in [4.78, 5) is 0. The van der Waals surface area contributed by atoms with Gasteiger partial charge in [-0.05, 0) is 49.1 Å². The molecule has 0 aliphatic rings. The van der Waals surface area contributed by atoms with Crippen LogP contribution in [0.1, 0.15) is 36.1 Å². The summed E-state index contributed by atoms with van der Waals surface area (Å²) in [5, 5.41) is 15.1. The average molecular weight is 431 g/mol. The summed E-state index contributed by atoms with van der Waals surface area (Å²) >= 11 is 12.2. The van der Waals surface area contributed by atoms with Gasteiger partial charge in [-0.2, -0.15) is 18.3 Å². The van der Waals surface area contributed by atoms with E-state index in [1.165, 1.54) is 6.07 Å². The number of unbranched alkanes of at least 4 members (excludes halogenated alkanes) is 2. The maximum Gasteiger partial charge on any atom is 0.416 e. The minimum absolute atomic E-state index is 0.124. The van der Waals surface area contributed by atoms with Gasteiger partial charge in [0.25, 0.3) is 0 Å². The molecule has 1 aromatic heterocycles. The van der Waals surface area contributed by atoms with Crippen LogP contribution in [0.25, 0.3) is 10.9 Å². The van der Waals surface area contributed by atoms with Gasteiger partial charge in [-0.25, -0.2) is 0 Å². The monoisotopic (exact) mass is 430 g/mol. The number of halogens is 5. The van der Waals surface area contributed by atoms with Gasteiger partial charge in [0.1, 0.15) is 0 Å². The Balaban J connectivity index is 2.00. The summed E-state index contributed by atoms with van der Waals surface area (Å²) in [7, 11) is 0. The molecule has 0 spiro atoms. The van der Waals surface area contributed by atoms with Gasteiger partial charge in [0.05, 0.1) is 23.3 Å². The Kier molecular flexibility index (Phi) is 6.53. The third-order valence-electron chi connectivity index (χ3n) is 4.56. The molecule has 0 saturated carbocycles. The van der Waals surface area contributed by atoms with Gasteiger partial charge in [-0.15, -0.1) is 0 Å². The fraction of sp³-hybridized carbons (Fsp3) is 0.350. The highest BCUT2D eigenvalue weighted by Crippen LogP contribution is 2.33.